The summed E-state index contributed by atoms with van der Waals surface area (Å²) in [5, 5.41) is 0.288. The molecule has 0 saturated carbocycles. The molecule has 6 heteroatoms. The maximum absolute atomic E-state index is 13.8. The Bertz CT molecular complexity index is 564. The molecule has 1 amide bonds. The van der Waals surface area contributed by atoms with Crippen molar-refractivity contribution in [3.63, 3.8) is 0 Å². The van der Waals surface area contributed by atoms with Gasteiger partial charge in [-0.15, -0.1) is 0 Å². The van der Waals surface area contributed by atoms with Crippen LogP contribution in [0.2, 0.25) is 5.02 Å². The van der Waals surface area contributed by atoms with E-state index in [9.17, 15) is 14.0 Å². The van der Waals surface area contributed by atoms with Crippen molar-refractivity contribution in [1.29, 1.82) is 0 Å². The molecular formula is C16H19ClFNO3. The van der Waals surface area contributed by atoms with E-state index in [0.717, 1.165) is 12.8 Å². The number of rotatable bonds is 4. The molecule has 1 saturated heterocycles. The molecule has 0 aliphatic carbocycles. The first kappa shape index (κ1) is 16.7. The second kappa shape index (κ2) is 7.58. The molecule has 0 bridgehead atoms. The average Bonchev–Trinajstić information content (AvgIpc) is 2.50. The number of ether oxygens (including phenoxy) is 1. The van der Waals surface area contributed by atoms with Crippen molar-refractivity contribution < 1.29 is 18.7 Å². The maximum atomic E-state index is 13.8. The highest BCUT2D eigenvalue weighted by Gasteiger charge is 2.33. The van der Waals surface area contributed by atoms with Gasteiger partial charge >= 0.3 is 5.97 Å². The smallest absolute Gasteiger partial charge is 0.328 e. The van der Waals surface area contributed by atoms with Crippen LogP contribution in [0.5, 0.6) is 0 Å². The van der Waals surface area contributed by atoms with Gasteiger partial charge in [-0.05, 0) is 43.9 Å². The highest BCUT2D eigenvalue weighted by molar-refractivity contribution is 6.30. The number of hydrogen-bond donors (Lipinski definition) is 0. The Morgan fingerprint density at radius 1 is 1.41 bits per heavy atom. The Morgan fingerprint density at radius 2 is 2.18 bits per heavy atom. The predicted molar refractivity (Wildman–Crippen MR) is 81.1 cm³/mol. The van der Waals surface area contributed by atoms with Gasteiger partial charge in [-0.1, -0.05) is 17.7 Å². The standard InChI is InChI=1S/C16H19ClFNO3/c1-2-22-16(21)14-5-3-4-8-19(14)15(20)9-11-6-7-12(17)10-13(11)18/h6-7,10,14H,2-5,8-9H2,1H3. The van der Waals surface area contributed by atoms with Gasteiger partial charge in [0.15, 0.2) is 0 Å². The van der Waals surface area contributed by atoms with Crippen LogP contribution in [-0.4, -0.2) is 36.0 Å². The summed E-state index contributed by atoms with van der Waals surface area (Å²) in [6, 6.07) is 3.67. The Kier molecular flexibility index (Phi) is 5.77. The number of esters is 1. The van der Waals surface area contributed by atoms with E-state index in [1.165, 1.54) is 17.0 Å². The van der Waals surface area contributed by atoms with Gasteiger partial charge in [-0.3, -0.25) is 4.79 Å². The first-order chi connectivity index (χ1) is 10.5. The topological polar surface area (TPSA) is 46.6 Å². The summed E-state index contributed by atoms with van der Waals surface area (Å²) in [7, 11) is 0. The van der Waals surface area contributed by atoms with Gasteiger partial charge in [0.1, 0.15) is 11.9 Å². The van der Waals surface area contributed by atoms with Gasteiger partial charge in [-0.25, -0.2) is 9.18 Å². The van der Waals surface area contributed by atoms with Crippen LogP contribution in [0.15, 0.2) is 18.2 Å². The van der Waals surface area contributed by atoms with Crippen LogP contribution < -0.4 is 0 Å². The van der Waals surface area contributed by atoms with E-state index in [0.29, 0.717) is 13.0 Å². The van der Waals surface area contributed by atoms with Crippen molar-refractivity contribution in [3.05, 3.63) is 34.6 Å². The lowest BCUT2D eigenvalue weighted by molar-refractivity contribution is -0.156. The lowest BCUT2D eigenvalue weighted by Gasteiger charge is -2.34. The number of benzene rings is 1. The van der Waals surface area contributed by atoms with Crippen molar-refractivity contribution in [3.8, 4) is 0 Å². The van der Waals surface area contributed by atoms with Crippen molar-refractivity contribution >= 4 is 23.5 Å². The minimum atomic E-state index is -0.559. The third-order valence-electron chi connectivity index (χ3n) is 3.74. The largest absolute Gasteiger partial charge is 0.464 e. The molecule has 1 heterocycles. The molecule has 22 heavy (non-hydrogen) atoms. The van der Waals surface area contributed by atoms with Crippen LogP contribution in [0.25, 0.3) is 0 Å². The number of likely N-dealkylation sites (tertiary alicyclic amines) is 1. The molecule has 0 aromatic heterocycles. The number of nitrogens with zero attached hydrogens (tertiary/aromatic N) is 1. The fraction of sp³-hybridized carbons (Fsp3) is 0.500. The molecule has 1 atom stereocenters. The zero-order valence-corrected chi connectivity index (χ0v) is 13.2. The van der Waals surface area contributed by atoms with E-state index in [4.69, 9.17) is 16.3 Å². The molecule has 4 nitrogen and oxygen atoms in total. The molecule has 1 aromatic rings. The summed E-state index contributed by atoms with van der Waals surface area (Å²) in [4.78, 5) is 25.9. The van der Waals surface area contributed by atoms with Gasteiger partial charge in [-0.2, -0.15) is 0 Å². The molecule has 0 N–H and O–H groups in total. The van der Waals surface area contributed by atoms with E-state index in [1.807, 2.05) is 0 Å². The lowest BCUT2D eigenvalue weighted by atomic mass is 10.0. The van der Waals surface area contributed by atoms with E-state index in [-0.39, 0.29) is 35.5 Å². The summed E-state index contributed by atoms with van der Waals surface area (Å²) in [6.07, 6.45) is 2.22. The number of piperidine rings is 1. The van der Waals surface area contributed by atoms with Gasteiger partial charge in [0.2, 0.25) is 5.91 Å². The molecule has 1 aromatic carbocycles. The summed E-state index contributed by atoms with van der Waals surface area (Å²) in [6.45, 7) is 2.51. The second-order valence-electron chi connectivity index (χ2n) is 5.26. The van der Waals surface area contributed by atoms with Gasteiger partial charge in [0.05, 0.1) is 13.0 Å². The third-order valence-corrected chi connectivity index (χ3v) is 3.97. The Labute approximate surface area is 134 Å². The quantitative estimate of drug-likeness (QED) is 0.799. The monoisotopic (exact) mass is 327 g/mol. The van der Waals surface area contributed by atoms with Crippen molar-refractivity contribution in [2.24, 2.45) is 0 Å². The molecule has 0 spiro atoms. The van der Waals surface area contributed by atoms with Gasteiger partial charge < -0.3 is 9.64 Å². The predicted octanol–water partition coefficient (Wildman–Crippen LogP) is 2.97. The maximum Gasteiger partial charge on any atom is 0.328 e. The molecule has 1 aliphatic heterocycles. The zero-order valence-electron chi connectivity index (χ0n) is 12.5. The molecular weight excluding hydrogens is 309 g/mol. The number of amides is 1. The molecule has 1 fully saturated rings. The van der Waals surface area contributed by atoms with Crippen LogP contribution >= 0.6 is 11.6 Å². The number of hydrogen-bond acceptors (Lipinski definition) is 3. The number of carbonyl (C=O) groups excluding carboxylic acids is 2. The minimum Gasteiger partial charge on any atom is -0.464 e. The summed E-state index contributed by atoms with van der Waals surface area (Å²) >= 11 is 5.71. The van der Waals surface area contributed by atoms with Crippen LogP contribution in [0.1, 0.15) is 31.7 Å². The van der Waals surface area contributed by atoms with E-state index < -0.39 is 11.9 Å². The first-order valence-electron chi connectivity index (χ1n) is 7.43. The Balaban J connectivity index is 2.10. The third kappa shape index (κ3) is 3.97. The molecule has 1 aliphatic rings. The van der Waals surface area contributed by atoms with Gasteiger partial charge in [0, 0.05) is 11.6 Å². The summed E-state index contributed by atoms with van der Waals surface area (Å²) in [5.74, 6) is -1.16. The van der Waals surface area contributed by atoms with Crippen LogP contribution in [0.3, 0.4) is 0 Å². The highest BCUT2D eigenvalue weighted by Crippen LogP contribution is 2.21. The summed E-state index contributed by atoms with van der Waals surface area (Å²) in [5.41, 5.74) is 0.280. The SMILES string of the molecule is CCOC(=O)C1CCCCN1C(=O)Cc1ccc(Cl)cc1F. The minimum absolute atomic E-state index is 0.0844. The molecule has 1 unspecified atom stereocenters. The lowest BCUT2D eigenvalue weighted by Crippen LogP contribution is -2.49. The highest BCUT2D eigenvalue weighted by atomic mass is 35.5. The van der Waals surface area contributed by atoms with Crippen molar-refractivity contribution in [2.75, 3.05) is 13.2 Å². The number of halogens is 2. The number of carbonyl (C=O) groups is 2. The second-order valence-corrected chi connectivity index (χ2v) is 5.70. The van der Waals surface area contributed by atoms with Crippen LogP contribution in [-0.2, 0) is 20.7 Å². The van der Waals surface area contributed by atoms with E-state index in [2.05, 4.69) is 0 Å². The van der Waals surface area contributed by atoms with Crippen LogP contribution in [0.4, 0.5) is 4.39 Å². The Morgan fingerprint density at radius 3 is 2.86 bits per heavy atom. The molecule has 2 rings (SSSR count). The average molecular weight is 328 g/mol. The van der Waals surface area contributed by atoms with E-state index >= 15 is 0 Å². The summed E-state index contributed by atoms with van der Waals surface area (Å²) < 4.78 is 18.8. The normalized spacial score (nSPS) is 18.1. The van der Waals surface area contributed by atoms with Crippen molar-refractivity contribution in [2.45, 2.75) is 38.6 Å². The fourth-order valence-electron chi connectivity index (χ4n) is 2.64. The molecule has 0 radical (unpaired) electrons. The van der Waals surface area contributed by atoms with Crippen LogP contribution in [0, 0.1) is 5.82 Å². The fourth-order valence-corrected chi connectivity index (χ4v) is 2.80. The Hall–Kier alpha value is -1.62. The zero-order chi connectivity index (χ0) is 16.1. The molecule has 120 valence electrons. The first-order valence-corrected chi connectivity index (χ1v) is 7.80. The van der Waals surface area contributed by atoms with E-state index in [1.54, 1.807) is 13.0 Å². The van der Waals surface area contributed by atoms with Crippen molar-refractivity contribution in [1.82, 2.24) is 4.90 Å². The van der Waals surface area contributed by atoms with Gasteiger partial charge in [0.25, 0.3) is 0 Å².